The molecule has 0 atom stereocenters. The number of fused-ring (bicyclic) bond motifs is 1. The number of aromatic nitrogens is 6. The Balaban J connectivity index is 1.31. The fourth-order valence-corrected chi connectivity index (χ4v) is 4.80. The number of carbonyl (C=O) groups excluding carboxylic acids is 1. The largest absolute Gasteiger partial charge is 0.343 e. The second kappa shape index (κ2) is 7.55. The molecule has 0 bridgehead atoms. The molecular formula is C19H17N7O2S. The molecule has 5 rings (SSSR count). The molecule has 0 saturated carbocycles. The average molecular weight is 407 g/mol. The van der Waals surface area contributed by atoms with Gasteiger partial charge in [-0.25, -0.2) is 0 Å². The van der Waals surface area contributed by atoms with E-state index in [0.717, 1.165) is 35.4 Å². The summed E-state index contributed by atoms with van der Waals surface area (Å²) < 4.78 is 6.83. The lowest BCUT2D eigenvalue weighted by atomic mass is 10.1. The van der Waals surface area contributed by atoms with Gasteiger partial charge in [0.05, 0.1) is 12.1 Å². The highest BCUT2D eigenvalue weighted by atomic mass is 32.1. The molecule has 10 heteroatoms. The number of tetrazole rings is 1. The SMILES string of the molecule is O=C(NCc1nc(Cc2ccccc2)no1)c1c(-n2cnnn2)sc2c1CCC2. The fraction of sp³-hybridized carbons (Fsp3) is 0.263. The van der Waals surface area contributed by atoms with Gasteiger partial charge >= 0.3 is 0 Å². The molecule has 1 aliphatic carbocycles. The van der Waals surface area contributed by atoms with Crippen LogP contribution < -0.4 is 5.32 Å². The van der Waals surface area contributed by atoms with Gasteiger partial charge in [-0.1, -0.05) is 35.5 Å². The summed E-state index contributed by atoms with van der Waals surface area (Å²) in [6.07, 6.45) is 5.02. The van der Waals surface area contributed by atoms with Gasteiger partial charge in [0.1, 0.15) is 11.3 Å². The number of hydrogen-bond acceptors (Lipinski definition) is 8. The Labute approximate surface area is 169 Å². The van der Waals surface area contributed by atoms with Gasteiger partial charge in [0.25, 0.3) is 5.91 Å². The molecule has 0 radical (unpaired) electrons. The summed E-state index contributed by atoms with van der Waals surface area (Å²) in [5.41, 5.74) is 2.83. The molecule has 0 aliphatic heterocycles. The first kappa shape index (κ1) is 17.7. The third-order valence-electron chi connectivity index (χ3n) is 4.80. The monoisotopic (exact) mass is 407 g/mol. The average Bonchev–Trinajstić information content (AvgIpc) is 3.50. The molecule has 4 aromatic rings. The number of hydrogen-bond donors (Lipinski definition) is 1. The first-order valence-corrected chi connectivity index (χ1v) is 10.1. The van der Waals surface area contributed by atoms with Gasteiger partial charge in [0.15, 0.2) is 5.82 Å². The Morgan fingerprint density at radius 2 is 2.14 bits per heavy atom. The van der Waals surface area contributed by atoms with E-state index in [1.807, 2.05) is 30.3 Å². The van der Waals surface area contributed by atoms with Crippen LogP contribution in [0.25, 0.3) is 5.00 Å². The summed E-state index contributed by atoms with van der Waals surface area (Å²) in [7, 11) is 0. The van der Waals surface area contributed by atoms with Crippen LogP contribution in [0.2, 0.25) is 0 Å². The first-order chi connectivity index (χ1) is 14.3. The van der Waals surface area contributed by atoms with Crippen LogP contribution in [0.15, 0.2) is 41.2 Å². The molecule has 0 unspecified atom stereocenters. The van der Waals surface area contributed by atoms with Gasteiger partial charge in [-0.2, -0.15) is 9.67 Å². The highest BCUT2D eigenvalue weighted by Crippen LogP contribution is 2.37. The van der Waals surface area contributed by atoms with Crippen LogP contribution in [0.4, 0.5) is 0 Å². The lowest BCUT2D eigenvalue weighted by Gasteiger charge is -2.06. The molecule has 0 fully saturated rings. The maximum Gasteiger partial charge on any atom is 0.255 e. The molecule has 0 saturated heterocycles. The Kier molecular flexibility index (Phi) is 4.60. The van der Waals surface area contributed by atoms with Crippen LogP contribution in [0.1, 0.15) is 44.5 Å². The number of rotatable bonds is 6. The molecule has 0 spiro atoms. The summed E-state index contributed by atoms with van der Waals surface area (Å²) in [5, 5.41) is 19.0. The van der Waals surface area contributed by atoms with E-state index in [1.165, 1.54) is 11.2 Å². The summed E-state index contributed by atoms with van der Waals surface area (Å²) >= 11 is 1.57. The summed E-state index contributed by atoms with van der Waals surface area (Å²) in [4.78, 5) is 18.6. The second-order valence-electron chi connectivity index (χ2n) is 6.74. The molecule has 1 aliphatic rings. The number of nitrogens with one attached hydrogen (secondary N) is 1. The topological polar surface area (TPSA) is 112 Å². The predicted molar refractivity (Wildman–Crippen MR) is 104 cm³/mol. The van der Waals surface area contributed by atoms with Crippen molar-refractivity contribution in [2.45, 2.75) is 32.2 Å². The van der Waals surface area contributed by atoms with Crippen LogP contribution in [-0.2, 0) is 25.8 Å². The van der Waals surface area contributed by atoms with E-state index in [0.29, 0.717) is 23.7 Å². The molecule has 3 heterocycles. The van der Waals surface area contributed by atoms with Gasteiger partial charge in [-0.3, -0.25) is 4.79 Å². The van der Waals surface area contributed by atoms with Crippen LogP contribution in [0.5, 0.6) is 0 Å². The third-order valence-corrected chi connectivity index (χ3v) is 6.08. The highest BCUT2D eigenvalue weighted by molar-refractivity contribution is 7.15. The van der Waals surface area contributed by atoms with E-state index in [2.05, 4.69) is 31.0 Å². The number of thiophene rings is 1. The molecule has 1 N–H and O–H groups in total. The van der Waals surface area contributed by atoms with Crippen molar-refractivity contribution in [3.05, 3.63) is 69.9 Å². The maximum absolute atomic E-state index is 13.0. The minimum Gasteiger partial charge on any atom is -0.343 e. The zero-order valence-electron chi connectivity index (χ0n) is 15.4. The van der Waals surface area contributed by atoms with Gasteiger partial charge in [-0.05, 0) is 40.8 Å². The smallest absolute Gasteiger partial charge is 0.255 e. The molecular weight excluding hydrogens is 390 g/mol. The maximum atomic E-state index is 13.0. The van der Waals surface area contributed by atoms with Crippen molar-refractivity contribution < 1.29 is 9.32 Å². The van der Waals surface area contributed by atoms with E-state index in [-0.39, 0.29) is 12.5 Å². The van der Waals surface area contributed by atoms with E-state index in [1.54, 1.807) is 16.0 Å². The van der Waals surface area contributed by atoms with Gasteiger partial charge in [-0.15, -0.1) is 16.4 Å². The number of amides is 1. The Morgan fingerprint density at radius 1 is 1.24 bits per heavy atom. The van der Waals surface area contributed by atoms with Crippen LogP contribution >= 0.6 is 11.3 Å². The normalized spacial score (nSPS) is 12.8. The van der Waals surface area contributed by atoms with E-state index in [9.17, 15) is 4.79 Å². The lowest BCUT2D eigenvalue weighted by Crippen LogP contribution is -2.24. The molecule has 9 nitrogen and oxygen atoms in total. The molecule has 146 valence electrons. The molecule has 1 amide bonds. The summed E-state index contributed by atoms with van der Waals surface area (Å²) in [5.74, 6) is 0.782. The summed E-state index contributed by atoms with van der Waals surface area (Å²) in [6, 6.07) is 9.92. The van der Waals surface area contributed by atoms with Crippen molar-refractivity contribution in [2.24, 2.45) is 0 Å². The first-order valence-electron chi connectivity index (χ1n) is 9.29. The van der Waals surface area contributed by atoms with Crippen molar-refractivity contribution in [2.75, 3.05) is 0 Å². The Bertz CT molecular complexity index is 1140. The fourth-order valence-electron chi connectivity index (χ4n) is 3.50. The Morgan fingerprint density at radius 3 is 2.97 bits per heavy atom. The molecule has 1 aromatic carbocycles. The lowest BCUT2D eigenvalue weighted by molar-refractivity contribution is 0.0945. The standard InChI is InChI=1S/C19H17N7O2S/c27-18(17-13-7-4-8-14(13)29-19(17)26-11-21-24-25-26)20-10-16-22-15(23-28-16)9-12-5-2-1-3-6-12/h1-3,5-6,11H,4,7-10H2,(H,20,27). The quantitative estimate of drug-likeness (QED) is 0.521. The molecule has 3 aromatic heterocycles. The number of benzene rings is 1. The molecule has 29 heavy (non-hydrogen) atoms. The van der Waals surface area contributed by atoms with Crippen molar-refractivity contribution in [1.29, 1.82) is 0 Å². The second-order valence-corrected chi connectivity index (χ2v) is 7.82. The van der Waals surface area contributed by atoms with Crippen molar-refractivity contribution >= 4 is 17.2 Å². The van der Waals surface area contributed by atoms with Crippen LogP contribution in [-0.4, -0.2) is 36.3 Å². The number of carbonyl (C=O) groups is 1. The van der Waals surface area contributed by atoms with E-state index < -0.39 is 0 Å². The Hall–Kier alpha value is -3.40. The minimum atomic E-state index is -0.183. The van der Waals surface area contributed by atoms with Gasteiger partial charge < -0.3 is 9.84 Å². The van der Waals surface area contributed by atoms with Crippen molar-refractivity contribution in [1.82, 2.24) is 35.7 Å². The van der Waals surface area contributed by atoms with E-state index >= 15 is 0 Å². The van der Waals surface area contributed by atoms with Crippen molar-refractivity contribution in [3.63, 3.8) is 0 Å². The third kappa shape index (κ3) is 3.54. The minimum absolute atomic E-state index is 0.167. The van der Waals surface area contributed by atoms with Gasteiger partial charge in [0.2, 0.25) is 5.89 Å². The zero-order chi connectivity index (χ0) is 19.6. The van der Waals surface area contributed by atoms with Crippen LogP contribution in [0.3, 0.4) is 0 Å². The summed E-state index contributed by atoms with van der Waals surface area (Å²) in [6.45, 7) is 0.167. The van der Waals surface area contributed by atoms with Crippen molar-refractivity contribution in [3.8, 4) is 5.00 Å². The zero-order valence-corrected chi connectivity index (χ0v) is 16.2. The predicted octanol–water partition coefficient (Wildman–Crippen LogP) is 2.12. The van der Waals surface area contributed by atoms with E-state index in [4.69, 9.17) is 4.52 Å². The highest BCUT2D eigenvalue weighted by Gasteiger charge is 2.28. The van der Waals surface area contributed by atoms with Crippen LogP contribution in [0, 0.1) is 0 Å². The number of nitrogens with zero attached hydrogens (tertiary/aromatic N) is 6. The number of aryl methyl sites for hydroxylation is 1. The van der Waals surface area contributed by atoms with Gasteiger partial charge in [0, 0.05) is 11.3 Å².